The summed E-state index contributed by atoms with van der Waals surface area (Å²) in [6, 6.07) is 7.76. The van der Waals surface area contributed by atoms with Gasteiger partial charge in [0.25, 0.3) is 0 Å². The molecule has 2 aromatic heterocycles. The number of nitrogens with one attached hydrogen (secondary N) is 1. The fraction of sp³-hybridized carbons (Fsp3) is 0.308. The van der Waals surface area contributed by atoms with E-state index >= 15 is 0 Å². The van der Waals surface area contributed by atoms with Gasteiger partial charge in [0.1, 0.15) is 12.1 Å². The highest BCUT2D eigenvalue weighted by atomic mass is 32.2. The lowest BCUT2D eigenvalue weighted by Crippen LogP contribution is -2.20. The van der Waals surface area contributed by atoms with Crippen molar-refractivity contribution in [2.75, 3.05) is 12.8 Å². The Kier molecular flexibility index (Phi) is 4.05. The number of carbonyl (C=O) groups excluding carboxylic acids is 1. The minimum Gasteiger partial charge on any atom is -0.358 e. The van der Waals surface area contributed by atoms with Gasteiger partial charge < -0.3 is 9.88 Å². The predicted molar refractivity (Wildman–Crippen MR) is 82.4 cm³/mol. The molecule has 0 fully saturated rings. The second kappa shape index (κ2) is 6.14. The zero-order valence-corrected chi connectivity index (χ0v) is 13.0. The lowest BCUT2D eigenvalue weighted by Gasteiger charge is -2.04. The average Bonchev–Trinajstić information content (AvgIpc) is 3.11. The second-order valence-corrected chi connectivity index (χ2v) is 5.60. The second-order valence-electron chi connectivity index (χ2n) is 4.66. The molecule has 3 aromatic rings. The number of amides is 1. The van der Waals surface area contributed by atoms with E-state index in [0.717, 1.165) is 16.9 Å². The molecule has 0 bridgehead atoms. The quantitative estimate of drug-likeness (QED) is 0.687. The van der Waals surface area contributed by atoms with Crippen LogP contribution in [0.2, 0.25) is 0 Å². The van der Waals surface area contributed by atoms with Gasteiger partial charge in [-0.1, -0.05) is 29.1 Å². The van der Waals surface area contributed by atoms with Crippen LogP contribution in [-0.4, -0.2) is 48.5 Å². The van der Waals surface area contributed by atoms with E-state index in [1.807, 2.05) is 35.9 Å². The van der Waals surface area contributed by atoms with Crippen molar-refractivity contribution in [3.05, 3.63) is 30.1 Å². The van der Waals surface area contributed by atoms with Crippen LogP contribution in [0.1, 0.15) is 5.82 Å². The van der Waals surface area contributed by atoms with Gasteiger partial charge in [0.05, 0.1) is 11.3 Å². The molecular weight excluding hydrogens is 302 g/mol. The van der Waals surface area contributed by atoms with E-state index in [9.17, 15) is 4.79 Å². The van der Waals surface area contributed by atoms with Crippen LogP contribution < -0.4 is 5.32 Å². The van der Waals surface area contributed by atoms with Gasteiger partial charge in [-0.3, -0.25) is 4.79 Å². The van der Waals surface area contributed by atoms with Gasteiger partial charge in [0, 0.05) is 14.1 Å². The van der Waals surface area contributed by atoms with E-state index in [2.05, 4.69) is 25.8 Å². The van der Waals surface area contributed by atoms with Crippen molar-refractivity contribution in [2.45, 2.75) is 11.7 Å². The fourth-order valence-corrected chi connectivity index (χ4v) is 2.78. The molecule has 1 aromatic carbocycles. The van der Waals surface area contributed by atoms with Crippen molar-refractivity contribution >= 4 is 28.7 Å². The summed E-state index contributed by atoms with van der Waals surface area (Å²) in [5, 5.41) is 19.8. The summed E-state index contributed by atoms with van der Waals surface area (Å²) in [5.41, 5.74) is 1.80. The summed E-state index contributed by atoms with van der Waals surface area (Å²) in [7, 11) is 3.49. The summed E-state index contributed by atoms with van der Waals surface area (Å²) in [6.07, 6.45) is 0. The van der Waals surface area contributed by atoms with Crippen LogP contribution in [0, 0.1) is 0 Å². The molecule has 2 heterocycles. The van der Waals surface area contributed by atoms with E-state index in [1.54, 1.807) is 11.7 Å². The zero-order valence-electron chi connectivity index (χ0n) is 12.2. The normalized spacial score (nSPS) is 11.0. The van der Waals surface area contributed by atoms with Crippen LogP contribution >= 0.6 is 11.8 Å². The van der Waals surface area contributed by atoms with Crippen molar-refractivity contribution in [1.29, 1.82) is 0 Å². The van der Waals surface area contributed by atoms with Gasteiger partial charge in [-0.25, -0.2) is 4.68 Å². The van der Waals surface area contributed by atoms with E-state index < -0.39 is 0 Å². The molecule has 0 aliphatic heterocycles. The first kappa shape index (κ1) is 14.5. The highest BCUT2D eigenvalue weighted by Crippen LogP contribution is 2.17. The number of para-hydroxylation sites is 1. The monoisotopic (exact) mass is 317 g/mol. The molecule has 0 aliphatic carbocycles. The zero-order chi connectivity index (χ0) is 15.5. The first-order chi connectivity index (χ1) is 10.7. The van der Waals surface area contributed by atoms with E-state index in [4.69, 9.17) is 0 Å². The van der Waals surface area contributed by atoms with Crippen LogP contribution in [0.3, 0.4) is 0 Å². The SMILES string of the molecule is CNC(=O)CSc1nnc(Cn2nnc3ccccc32)n1C. The summed E-state index contributed by atoms with van der Waals surface area (Å²) >= 11 is 1.35. The van der Waals surface area contributed by atoms with E-state index in [0.29, 0.717) is 17.5 Å². The van der Waals surface area contributed by atoms with Gasteiger partial charge in [-0.15, -0.1) is 15.3 Å². The van der Waals surface area contributed by atoms with E-state index in [1.165, 1.54) is 11.8 Å². The van der Waals surface area contributed by atoms with Crippen molar-refractivity contribution < 1.29 is 4.79 Å². The smallest absolute Gasteiger partial charge is 0.230 e. The molecule has 0 radical (unpaired) electrons. The number of nitrogens with zero attached hydrogens (tertiary/aromatic N) is 6. The Morgan fingerprint density at radius 3 is 2.91 bits per heavy atom. The Morgan fingerprint density at radius 2 is 2.09 bits per heavy atom. The van der Waals surface area contributed by atoms with Gasteiger partial charge in [-0.2, -0.15) is 0 Å². The average molecular weight is 317 g/mol. The molecule has 22 heavy (non-hydrogen) atoms. The number of carbonyl (C=O) groups is 1. The number of aromatic nitrogens is 6. The Balaban J connectivity index is 1.78. The first-order valence-corrected chi connectivity index (χ1v) is 7.67. The Hall–Kier alpha value is -2.42. The number of thioether (sulfide) groups is 1. The summed E-state index contributed by atoms with van der Waals surface area (Å²) < 4.78 is 3.65. The Morgan fingerprint density at radius 1 is 1.27 bits per heavy atom. The summed E-state index contributed by atoms with van der Waals surface area (Å²) in [5.74, 6) is 1.03. The van der Waals surface area contributed by atoms with E-state index in [-0.39, 0.29) is 5.91 Å². The fourth-order valence-electron chi connectivity index (χ4n) is 1.98. The maximum atomic E-state index is 11.3. The molecule has 3 rings (SSSR count). The van der Waals surface area contributed by atoms with Crippen LogP contribution in [0.4, 0.5) is 0 Å². The maximum absolute atomic E-state index is 11.3. The number of fused-ring (bicyclic) bond motifs is 1. The molecule has 9 heteroatoms. The van der Waals surface area contributed by atoms with Crippen molar-refractivity contribution in [3.8, 4) is 0 Å². The lowest BCUT2D eigenvalue weighted by molar-refractivity contribution is -0.118. The number of hydrogen-bond donors (Lipinski definition) is 1. The largest absolute Gasteiger partial charge is 0.358 e. The highest BCUT2D eigenvalue weighted by Gasteiger charge is 2.13. The molecule has 8 nitrogen and oxygen atoms in total. The molecular formula is C13H15N7OS. The van der Waals surface area contributed by atoms with Crippen LogP contribution in [0.5, 0.6) is 0 Å². The predicted octanol–water partition coefficient (Wildman–Crippen LogP) is 0.446. The topological polar surface area (TPSA) is 90.5 Å². The van der Waals surface area contributed by atoms with Gasteiger partial charge in [0.2, 0.25) is 5.91 Å². The van der Waals surface area contributed by atoms with Crippen molar-refractivity contribution in [2.24, 2.45) is 7.05 Å². The third-order valence-electron chi connectivity index (χ3n) is 3.25. The lowest BCUT2D eigenvalue weighted by atomic mass is 10.3. The van der Waals surface area contributed by atoms with Crippen molar-refractivity contribution in [1.82, 2.24) is 35.1 Å². The molecule has 0 unspecified atom stereocenters. The standard InChI is InChI=1S/C13H15N7OS/c1-14-12(21)8-22-13-17-16-11(19(13)2)7-20-10-6-4-3-5-9(10)15-18-20/h3-6H,7-8H2,1-2H3,(H,14,21). The molecule has 0 aliphatic rings. The number of benzene rings is 1. The minimum atomic E-state index is -0.0446. The number of rotatable bonds is 5. The molecule has 0 saturated carbocycles. The molecule has 1 amide bonds. The first-order valence-electron chi connectivity index (χ1n) is 6.69. The highest BCUT2D eigenvalue weighted by molar-refractivity contribution is 7.99. The van der Waals surface area contributed by atoms with Crippen LogP contribution in [0.25, 0.3) is 11.0 Å². The Labute approximate surface area is 130 Å². The number of hydrogen-bond acceptors (Lipinski definition) is 6. The molecule has 0 saturated heterocycles. The minimum absolute atomic E-state index is 0.0446. The molecule has 114 valence electrons. The Bertz CT molecular complexity index is 810. The molecule has 1 N–H and O–H groups in total. The van der Waals surface area contributed by atoms with Crippen LogP contribution in [-0.2, 0) is 18.4 Å². The maximum Gasteiger partial charge on any atom is 0.230 e. The van der Waals surface area contributed by atoms with Crippen molar-refractivity contribution in [3.63, 3.8) is 0 Å². The summed E-state index contributed by atoms with van der Waals surface area (Å²) in [4.78, 5) is 11.3. The van der Waals surface area contributed by atoms with Gasteiger partial charge >= 0.3 is 0 Å². The van der Waals surface area contributed by atoms with Gasteiger partial charge in [0.15, 0.2) is 11.0 Å². The molecule has 0 spiro atoms. The third-order valence-corrected chi connectivity index (χ3v) is 4.27. The molecule has 0 atom stereocenters. The van der Waals surface area contributed by atoms with Gasteiger partial charge in [-0.05, 0) is 12.1 Å². The van der Waals surface area contributed by atoms with Crippen LogP contribution in [0.15, 0.2) is 29.4 Å². The summed E-state index contributed by atoms with van der Waals surface area (Å²) in [6.45, 7) is 0.477. The third kappa shape index (κ3) is 2.80.